The van der Waals surface area contributed by atoms with Crippen LogP contribution in [0.25, 0.3) is 0 Å². The van der Waals surface area contributed by atoms with Crippen molar-refractivity contribution in [2.45, 2.75) is 51.7 Å². The molecule has 0 aliphatic carbocycles. The molecular formula is C18H28N2O5. The number of hydrogen-bond acceptors (Lipinski definition) is 6. The third-order valence-corrected chi connectivity index (χ3v) is 5.04. The molecular weight excluding hydrogens is 324 g/mol. The lowest BCUT2D eigenvalue weighted by molar-refractivity contribution is -0.136. The van der Waals surface area contributed by atoms with Gasteiger partial charge in [-0.3, -0.25) is 0 Å². The molecule has 140 valence electrons. The van der Waals surface area contributed by atoms with Crippen LogP contribution in [-0.2, 0) is 19.0 Å². The van der Waals surface area contributed by atoms with Crippen LogP contribution in [0.2, 0.25) is 0 Å². The summed E-state index contributed by atoms with van der Waals surface area (Å²) in [5, 5.41) is 0. The predicted molar refractivity (Wildman–Crippen MR) is 91.0 cm³/mol. The topological polar surface area (TPSA) is 68.3 Å². The molecule has 2 fully saturated rings. The number of carbonyl (C=O) groups excluding carboxylic acids is 2. The van der Waals surface area contributed by atoms with Gasteiger partial charge in [-0.25, -0.2) is 9.59 Å². The van der Waals surface area contributed by atoms with E-state index in [2.05, 4.69) is 4.90 Å². The minimum atomic E-state index is -0.483. The van der Waals surface area contributed by atoms with E-state index in [4.69, 9.17) is 14.2 Å². The molecule has 1 spiro atoms. The summed E-state index contributed by atoms with van der Waals surface area (Å²) in [6.45, 7) is 11.2. The number of rotatable bonds is 1. The van der Waals surface area contributed by atoms with E-state index in [-0.39, 0.29) is 17.7 Å². The van der Waals surface area contributed by atoms with E-state index in [0.717, 1.165) is 31.6 Å². The molecule has 0 aromatic rings. The van der Waals surface area contributed by atoms with E-state index in [1.165, 1.54) is 0 Å². The highest BCUT2D eigenvalue weighted by Crippen LogP contribution is 2.33. The maximum Gasteiger partial charge on any atom is 0.410 e. The molecule has 3 heterocycles. The minimum absolute atomic E-state index is 0.227. The summed E-state index contributed by atoms with van der Waals surface area (Å²) in [5.74, 6) is -0.227. The first-order chi connectivity index (χ1) is 11.7. The number of piperidine rings is 1. The van der Waals surface area contributed by atoms with Crippen molar-refractivity contribution in [3.05, 3.63) is 11.3 Å². The van der Waals surface area contributed by atoms with Crippen LogP contribution in [0.5, 0.6) is 0 Å². The molecule has 0 N–H and O–H groups in total. The average Bonchev–Trinajstić information content (AvgIpc) is 2.86. The van der Waals surface area contributed by atoms with Crippen molar-refractivity contribution in [1.82, 2.24) is 9.80 Å². The summed E-state index contributed by atoms with van der Waals surface area (Å²) in [5.41, 5.74) is 0.921. The zero-order valence-electron chi connectivity index (χ0n) is 15.6. The Morgan fingerprint density at radius 2 is 1.88 bits per heavy atom. The van der Waals surface area contributed by atoms with Gasteiger partial charge in [0.05, 0.1) is 23.5 Å². The Labute approximate surface area is 148 Å². The van der Waals surface area contributed by atoms with Crippen LogP contribution in [-0.4, -0.2) is 72.5 Å². The molecule has 7 nitrogen and oxygen atoms in total. The van der Waals surface area contributed by atoms with Crippen molar-refractivity contribution in [3.63, 3.8) is 0 Å². The van der Waals surface area contributed by atoms with Gasteiger partial charge < -0.3 is 24.0 Å². The van der Waals surface area contributed by atoms with E-state index in [1.807, 2.05) is 27.7 Å². The second-order valence-corrected chi connectivity index (χ2v) is 8.07. The Bertz CT molecular complexity index is 585. The lowest BCUT2D eigenvalue weighted by Gasteiger charge is -2.48. The van der Waals surface area contributed by atoms with Gasteiger partial charge in [-0.15, -0.1) is 0 Å². The zero-order valence-corrected chi connectivity index (χ0v) is 15.6. The first kappa shape index (κ1) is 18.0. The largest absolute Gasteiger partial charge is 0.456 e. The van der Waals surface area contributed by atoms with Gasteiger partial charge >= 0.3 is 12.1 Å². The van der Waals surface area contributed by atoms with E-state index < -0.39 is 5.60 Å². The maximum absolute atomic E-state index is 12.2. The quantitative estimate of drug-likeness (QED) is 0.672. The highest BCUT2D eigenvalue weighted by atomic mass is 16.6. The van der Waals surface area contributed by atoms with E-state index in [1.54, 1.807) is 4.90 Å². The first-order valence-corrected chi connectivity index (χ1v) is 8.93. The zero-order chi connectivity index (χ0) is 18.2. The lowest BCUT2D eigenvalue weighted by Crippen LogP contribution is -2.57. The SMILES string of the molecule is CC1=C(N2CCOC3(CCN(C(=O)OC(C)(C)C)CC3)C2)COC1=O. The third kappa shape index (κ3) is 3.92. The summed E-state index contributed by atoms with van der Waals surface area (Å²) in [6, 6.07) is 0. The van der Waals surface area contributed by atoms with Gasteiger partial charge in [0.2, 0.25) is 0 Å². The van der Waals surface area contributed by atoms with E-state index in [0.29, 0.717) is 31.9 Å². The minimum Gasteiger partial charge on any atom is -0.456 e. The Morgan fingerprint density at radius 1 is 1.20 bits per heavy atom. The van der Waals surface area contributed by atoms with Crippen LogP contribution in [0, 0.1) is 0 Å². The third-order valence-electron chi connectivity index (χ3n) is 5.04. The van der Waals surface area contributed by atoms with Crippen LogP contribution >= 0.6 is 0 Å². The van der Waals surface area contributed by atoms with E-state index in [9.17, 15) is 9.59 Å². The van der Waals surface area contributed by atoms with Crippen molar-refractivity contribution in [2.24, 2.45) is 0 Å². The van der Waals surface area contributed by atoms with Crippen LogP contribution in [0.15, 0.2) is 11.3 Å². The molecule has 0 aromatic heterocycles. The molecule has 25 heavy (non-hydrogen) atoms. The molecule has 3 rings (SSSR count). The number of carbonyl (C=O) groups is 2. The Morgan fingerprint density at radius 3 is 2.44 bits per heavy atom. The van der Waals surface area contributed by atoms with Crippen LogP contribution in [0.3, 0.4) is 0 Å². The molecule has 1 amide bonds. The van der Waals surface area contributed by atoms with Gasteiger partial charge in [0.25, 0.3) is 0 Å². The van der Waals surface area contributed by atoms with Crippen LogP contribution in [0.4, 0.5) is 4.79 Å². The van der Waals surface area contributed by atoms with Gasteiger partial charge in [-0.1, -0.05) is 0 Å². The number of amides is 1. The van der Waals surface area contributed by atoms with Crippen molar-refractivity contribution in [1.29, 1.82) is 0 Å². The number of nitrogens with zero attached hydrogens (tertiary/aromatic N) is 2. The average molecular weight is 352 g/mol. The van der Waals surface area contributed by atoms with Crippen molar-refractivity contribution >= 4 is 12.1 Å². The van der Waals surface area contributed by atoms with Crippen molar-refractivity contribution < 1.29 is 23.8 Å². The fraction of sp³-hybridized carbons (Fsp3) is 0.778. The fourth-order valence-electron chi connectivity index (χ4n) is 3.60. The van der Waals surface area contributed by atoms with Crippen LogP contribution < -0.4 is 0 Å². The number of ether oxygens (including phenoxy) is 3. The standard InChI is InChI=1S/C18H28N2O5/c1-13-14(11-23-15(13)21)20-9-10-24-18(12-20)5-7-19(8-6-18)16(22)25-17(2,3)4/h5-12H2,1-4H3. The highest BCUT2D eigenvalue weighted by Gasteiger charge is 2.42. The first-order valence-electron chi connectivity index (χ1n) is 8.93. The second kappa shape index (κ2) is 6.52. The van der Waals surface area contributed by atoms with Crippen molar-refractivity contribution in [2.75, 3.05) is 39.4 Å². The number of cyclic esters (lactones) is 1. The predicted octanol–water partition coefficient (Wildman–Crippen LogP) is 1.92. The molecule has 0 atom stereocenters. The summed E-state index contributed by atoms with van der Waals surface area (Å²) in [6.07, 6.45) is 1.27. The molecule has 0 bridgehead atoms. The van der Waals surface area contributed by atoms with E-state index >= 15 is 0 Å². The number of hydrogen-bond donors (Lipinski definition) is 0. The molecule has 0 unspecified atom stereocenters. The van der Waals surface area contributed by atoms with Crippen molar-refractivity contribution in [3.8, 4) is 0 Å². The summed E-state index contributed by atoms with van der Waals surface area (Å²) < 4.78 is 16.7. The van der Waals surface area contributed by atoms with Gasteiger partial charge in [0.15, 0.2) is 0 Å². The number of likely N-dealkylation sites (tertiary alicyclic amines) is 1. The number of esters is 1. The fourth-order valence-corrected chi connectivity index (χ4v) is 3.60. The Balaban J connectivity index is 1.61. The molecule has 3 aliphatic rings. The molecule has 2 saturated heterocycles. The van der Waals surface area contributed by atoms with Gasteiger partial charge in [0.1, 0.15) is 12.2 Å². The monoisotopic (exact) mass is 352 g/mol. The molecule has 0 radical (unpaired) electrons. The molecule has 3 aliphatic heterocycles. The second-order valence-electron chi connectivity index (χ2n) is 8.07. The number of morpholine rings is 1. The smallest absolute Gasteiger partial charge is 0.410 e. The molecule has 0 aromatic carbocycles. The Hall–Kier alpha value is -1.76. The lowest BCUT2D eigenvalue weighted by atomic mass is 9.89. The maximum atomic E-state index is 12.2. The Kier molecular flexibility index (Phi) is 4.70. The summed E-state index contributed by atoms with van der Waals surface area (Å²) in [7, 11) is 0. The van der Waals surface area contributed by atoms with Gasteiger partial charge in [-0.2, -0.15) is 0 Å². The normalized spacial score (nSPS) is 23.9. The molecule has 7 heteroatoms. The summed E-state index contributed by atoms with van der Waals surface area (Å²) in [4.78, 5) is 27.8. The highest BCUT2D eigenvalue weighted by molar-refractivity contribution is 5.90. The molecule has 0 saturated carbocycles. The van der Waals surface area contributed by atoms with Crippen LogP contribution in [0.1, 0.15) is 40.5 Å². The summed E-state index contributed by atoms with van der Waals surface area (Å²) >= 11 is 0. The van der Waals surface area contributed by atoms with Gasteiger partial charge in [-0.05, 0) is 40.5 Å². The van der Waals surface area contributed by atoms with Gasteiger partial charge in [0, 0.05) is 26.2 Å².